The second kappa shape index (κ2) is 14.5. The van der Waals surface area contributed by atoms with Crippen LogP contribution in [0.5, 0.6) is 0 Å². The Hall–Kier alpha value is -8.55. The number of benzene rings is 9. The van der Waals surface area contributed by atoms with Crippen LogP contribution in [0, 0.1) is 0 Å². The number of fused-ring (bicyclic) bond motifs is 13. The van der Waals surface area contributed by atoms with Crippen LogP contribution in [-0.4, -0.2) is 19.5 Å². The van der Waals surface area contributed by atoms with E-state index in [0.29, 0.717) is 17.6 Å². The maximum absolute atomic E-state index is 6.43. The topological polar surface area (TPSA) is 83.0 Å². The van der Waals surface area contributed by atoms with Gasteiger partial charge in [-0.2, -0.15) is 9.97 Å². The van der Waals surface area contributed by atoms with E-state index in [1.807, 2.05) is 60.7 Å². The molecule has 7 heteroatoms. The fourth-order valence-electron chi connectivity index (χ4n) is 9.54. The molecule has 0 N–H and O–H groups in total. The summed E-state index contributed by atoms with van der Waals surface area (Å²) in [5.41, 5.74) is 10.6. The van der Waals surface area contributed by atoms with Gasteiger partial charge in [-0.15, -0.1) is 0 Å². The Morgan fingerprint density at radius 2 is 0.800 bits per heavy atom. The Morgan fingerprint density at radius 3 is 1.34 bits per heavy atom. The number of hydrogen-bond acceptors (Lipinski definition) is 6. The zero-order valence-electron chi connectivity index (χ0n) is 35.5. The van der Waals surface area contributed by atoms with Crippen LogP contribution in [0.25, 0.3) is 138 Å². The van der Waals surface area contributed by atoms with Crippen molar-refractivity contribution in [2.45, 2.75) is 20.3 Å². The van der Waals surface area contributed by atoms with Gasteiger partial charge >= 0.3 is 0 Å². The highest BCUT2D eigenvalue weighted by Crippen LogP contribution is 2.42. The van der Waals surface area contributed by atoms with E-state index in [-0.39, 0.29) is 0 Å². The standard InChI is InChI=1S/C55H30N4O3.C3H8/c1-2-11-32-27-45-44(26-31(32)10-1)43-16-9-15-36(33-20-23-40-37-12-3-6-17-46(37)60-49(40)28-33)52(43)59(45)55-57-53(34-21-24-41-38-13-4-7-18-47(38)61-50(41)29-34)56-54(58-55)35-22-25-42-39-14-5-8-19-48(39)62-51(42)30-35;1-3-2/h1-30H;3H2,1-2H3. The molecule has 0 atom stereocenters. The van der Waals surface area contributed by atoms with E-state index in [4.69, 9.17) is 28.2 Å². The smallest absolute Gasteiger partial charge is 0.238 e. The van der Waals surface area contributed by atoms with Gasteiger partial charge < -0.3 is 13.3 Å². The Balaban J connectivity index is 0.00000138. The normalized spacial score (nSPS) is 11.9. The lowest BCUT2D eigenvalue weighted by Gasteiger charge is -2.13. The third kappa shape index (κ3) is 5.86. The van der Waals surface area contributed by atoms with Crippen molar-refractivity contribution in [3.05, 3.63) is 182 Å². The highest BCUT2D eigenvalue weighted by Gasteiger charge is 2.23. The SMILES string of the molecule is CCC.c1ccc2cc3c(cc2c1)c1cccc(-c2ccc4c(c2)oc2ccccc24)c1n3-c1nc(-c2ccc3c(c2)oc2ccccc23)nc(-c2ccc3c(c2)oc2ccccc23)n1. The quantitative estimate of drug-likeness (QED) is 0.176. The Kier molecular flexibility index (Phi) is 8.27. The first-order chi connectivity index (χ1) is 32.1. The van der Waals surface area contributed by atoms with E-state index >= 15 is 0 Å². The number of para-hydroxylation sites is 4. The molecule has 5 heterocycles. The molecule has 0 unspecified atom stereocenters. The van der Waals surface area contributed by atoms with Crippen molar-refractivity contribution in [2.24, 2.45) is 0 Å². The van der Waals surface area contributed by atoms with E-state index in [9.17, 15) is 0 Å². The molecular formula is C58H38N4O3. The summed E-state index contributed by atoms with van der Waals surface area (Å²) < 4.78 is 21.4. The van der Waals surface area contributed by atoms with E-state index < -0.39 is 0 Å². The molecule has 9 aromatic carbocycles. The molecule has 0 aliphatic carbocycles. The molecule has 0 radical (unpaired) electrons. The average molecular weight is 839 g/mol. The van der Waals surface area contributed by atoms with Crippen molar-refractivity contribution >= 4 is 98.4 Å². The zero-order chi connectivity index (χ0) is 43.2. The molecule has 0 saturated carbocycles. The van der Waals surface area contributed by atoms with Crippen molar-refractivity contribution in [1.82, 2.24) is 19.5 Å². The summed E-state index contributed by atoms with van der Waals surface area (Å²) in [6.07, 6.45) is 1.25. The molecule has 0 amide bonds. The monoisotopic (exact) mass is 838 g/mol. The Morgan fingerprint density at radius 1 is 0.369 bits per heavy atom. The van der Waals surface area contributed by atoms with Crippen molar-refractivity contribution < 1.29 is 13.3 Å². The van der Waals surface area contributed by atoms with E-state index in [1.165, 1.54) is 6.42 Å². The molecule has 65 heavy (non-hydrogen) atoms. The van der Waals surface area contributed by atoms with Crippen LogP contribution in [-0.2, 0) is 0 Å². The number of hydrogen-bond donors (Lipinski definition) is 0. The summed E-state index contributed by atoms with van der Waals surface area (Å²) >= 11 is 0. The van der Waals surface area contributed by atoms with Crippen LogP contribution < -0.4 is 0 Å². The van der Waals surface area contributed by atoms with Gasteiger partial charge in [-0.1, -0.05) is 136 Å². The molecule has 0 fully saturated rings. The van der Waals surface area contributed by atoms with Crippen molar-refractivity contribution in [1.29, 1.82) is 0 Å². The number of furan rings is 3. The summed E-state index contributed by atoms with van der Waals surface area (Å²) in [6.45, 7) is 4.25. The Labute approximate surface area is 371 Å². The molecule has 0 bridgehead atoms. The predicted octanol–water partition coefficient (Wildman–Crippen LogP) is 16.2. The van der Waals surface area contributed by atoms with E-state index in [0.717, 1.165) is 121 Å². The summed E-state index contributed by atoms with van der Waals surface area (Å²) in [7, 11) is 0. The fourth-order valence-corrected chi connectivity index (χ4v) is 9.54. The third-order valence-corrected chi connectivity index (χ3v) is 12.4. The van der Waals surface area contributed by atoms with Crippen LogP contribution in [0.15, 0.2) is 195 Å². The van der Waals surface area contributed by atoms with Crippen molar-refractivity contribution in [2.75, 3.05) is 0 Å². The van der Waals surface area contributed by atoms with Crippen LogP contribution in [0.2, 0.25) is 0 Å². The summed E-state index contributed by atoms with van der Waals surface area (Å²) in [4.78, 5) is 16.0. The molecule has 14 aromatic rings. The first-order valence-corrected chi connectivity index (χ1v) is 22.1. The molecule has 5 aromatic heterocycles. The molecule has 7 nitrogen and oxygen atoms in total. The minimum Gasteiger partial charge on any atom is -0.456 e. The molecule has 0 spiro atoms. The van der Waals surface area contributed by atoms with Gasteiger partial charge in [0.1, 0.15) is 33.5 Å². The third-order valence-electron chi connectivity index (χ3n) is 12.4. The first kappa shape index (κ1) is 37.0. The van der Waals surface area contributed by atoms with Crippen LogP contribution in [0.4, 0.5) is 0 Å². The van der Waals surface area contributed by atoms with Crippen molar-refractivity contribution in [3.8, 4) is 39.9 Å². The lowest BCUT2D eigenvalue weighted by molar-refractivity contribution is 0.668. The van der Waals surface area contributed by atoms with Crippen LogP contribution in [0.1, 0.15) is 20.3 Å². The van der Waals surface area contributed by atoms with Gasteiger partial charge in [0.2, 0.25) is 5.95 Å². The minimum absolute atomic E-state index is 0.493. The lowest BCUT2D eigenvalue weighted by Crippen LogP contribution is -2.07. The molecule has 308 valence electrons. The highest BCUT2D eigenvalue weighted by atomic mass is 16.3. The molecule has 0 aliphatic rings. The van der Waals surface area contributed by atoms with Gasteiger partial charge in [-0.25, -0.2) is 4.98 Å². The number of aromatic nitrogens is 4. The van der Waals surface area contributed by atoms with Gasteiger partial charge in [0.05, 0.1) is 11.0 Å². The van der Waals surface area contributed by atoms with Gasteiger partial charge in [-0.3, -0.25) is 4.57 Å². The second-order valence-corrected chi connectivity index (χ2v) is 16.7. The zero-order valence-corrected chi connectivity index (χ0v) is 35.5. The molecular weight excluding hydrogens is 801 g/mol. The van der Waals surface area contributed by atoms with Crippen LogP contribution in [0.3, 0.4) is 0 Å². The fraction of sp³-hybridized carbons (Fsp3) is 0.0517. The lowest BCUT2D eigenvalue weighted by atomic mass is 10.00. The van der Waals surface area contributed by atoms with Gasteiger partial charge in [0, 0.05) is 59.8 Å². The van der Waals surface area contributed by atoms with Crippen molar-refractivity contribution in [3.63, 3.8) is 0 Å². The van der Waals surface area contributed by atoms with Gasteiger partial charge in [-0.05, 0) is 83.1 Å². The summed E-state index contributed by atoms with van der Waals surface area (Å²) in [6, 6.07) is 62.8. The molecule has 0 aliphatic heterocycles. The van der Waals surface area contributed by atoms with Crippen LogP contribution >= 0.6 is 0 Å². The minimum atomic E-state index is 0.493. The Bertz CT molecular complexity index is 4070. The molecule has 14 rings (SSSR count). The second-order valence-electron chi connectivity index (χ2n) is 16.7. The maximum atomic E-state index is 6.43. The average Bonchev–Trinajstić information content (AvgIpc) is 4.11. The maximum Gasteiger partial charge on any atom is 0.238 e. The van der Waals surface area contributed by atoms with Gasteiger partial charge in [0.25, 0.3) is 0 Å². The first-order valence-electron chi connectivity index (χ1n) is 22.1. The van der Waals surface area contributed by atoms with E-state index in [1.54, 1.807) is 0 Å². The molecule has 0 saturated heterocycles. The highest BCUT2D eigenvalue weighted by molar-refractivity contribution is 6.17. The predicted molar refractivity (Wildman–Crippen MR) is 266 cm³/mol. The van der Waals surface area contributed by atoms with E-state index in [2.05, 4.69) is 140 Å². The summed E-state index contributed by atoms with van der Waals surface area (Å²) in [5, 5.41) is 10.8. The van der Waals surface area contributed by atoms with Gasteiger partial charge in [0.15, 0.2) is 11.6 Å². The number of rotatable bonds is 4. The number of nitrogens with zero attached hydrogens (tertiary/aromatic N) is 4. The largest absolute Gasteiger partial charge is 0.456 e. The summed E-state index contributed by atoms with van der Waals surface area (Å²) in [5.74, 6) is 1.54.